The van der Waals surface area contributed by atoms with Crippen molar-refractivity contribution >= 4 is 0 Å². The molecule has 0 aliphatic rings. The lowest BCUT2D eigenvalue weighted by atomic mass is 9.99. The van der Waals surface area contributed by atoms with Crippen molar-refractivity contribution in [1.29, 1.82) is 0 Å². The average molecular weight is 264 g/mol. The van der Waals surface area contributed by atoms with E-state index in [0.717, 1.165) is 6.42 Å². The van der Waals surface area contributed by atoms with Gasteiger partial charge >= 0.3 is 0 Å². The van der Waals surface area contributed by atoms with Crippen LogP contribution in [0.5, 0.6) is 0 Å². The van der Waals surface area contributed by atoms with Gasteiger partial charge in [0.15, 0.2) is 11.6 Å². The Balaban J connectivity index is 2.51. The van der Waals surface area contributed by atoms with Gasteiger partial charge in [-0.2, -0.15) is 0 Å². The van der Waals surface area contributed by atoms with Crippen molar-refractivity contribution in [2.45, 2.75) is 26.7 Å². The molecule has 0 saturated carbocycles. The van der Waals surface area contributed by atoms with Crippen molar-refractivity contribution in [3.05, 3.63) is 58.9 Å². The van der Waals surface area contributed by atoms with Crippen LogP contribution in [0.15, 0.2) is 30.3 Å². The fourth-order valence-corrected chi connectivity index (χ4v) is 2.04. The molecule has 0 bridgehead atoms. The summed E-state index contributed by atoms with van der Waals surface area (Å²) in [6.07, 6.45) is 1.24. The Bertz CT molecular complexity index is 603. The second-order valence-electron chi connectivity index (χ2n) is 4.61. The standard InChI is InChI=1S/C16H15F3/c1-3-4-11-7-8-13(16(19)15(11)18)12-6-5-10(2)14(17)9-12/h5-9H,3-4H2,1-2H3. The Kier molecular flexibility index (Phi) is 3.93. The number of rotatable bonds is 3. The molecular formula is C16H15F3. The Hall–Kier alpha value is -1.77. The highest BCUT2D eigenvalue weighted by atomic mass is 19.2. The lowest BCUT2D eigenvalue weighted by Gasteiger charge is -2.09. The molecule has 0 aromatic heterocycles. The van der Waals surface area contributed by atoms with Gasteiger partial charge in [-0.25, -0.2) is 13.2 Å². The van der Waals surface area contributed by atoms with Crippen molar-refractivity contribution in [3.8, 4) is 11.1 Å². The zero-order valence-corrected chi connectivity index (χ0v) is 10.9. The summed E-state index contributed by atoms with van der Waals surface area (Å²) < 4.78 is 41.3. The van der Waals surface area contributed by atoms with Gasteiger partial charge in [0.25, 0.3) is 0 Å². The van der Waals surface area contributed by atoms with Crippen molar-refractivity contribution in [1.82, 2.24) is 0 Å². The minimum Gasteiger partial charge on any atom is -0.207 e. The van der Waals surface area contributed by atoms with Crippen LogP contribution < -0.4 is 0 Å². The molecule has 0 heterocycles. The third-order valence-electron chi connectivity index (χ3n) is 3.16. The van der Waals surface area contributed by atoms with E-state index in [9.17, 15) is 13.2 Å². The van der Waals surface area contributed by atoms with E-state index in [1.165, 1.54) is 12.1 Å². The van der Waals surface area contributed by atoms with Crippen LogP contribution in [0.25, 0.3) is 11.1 Å². The van der Waals surface area contributed by atoms with Crippen LogP contribution in [0.2, 0.25) is 0 Å². The van der Waals surface area contributed by atoms with E-state index in [-0.39, 0.29) is 5.56 Å². The molecule has 100 valence electrons. The quantitative estimate of drug-likeness (QED) is 0.729. The van der Waals surface area contributed by atoms with Crippen LogP contribution >= 0.6 is 0 Å². The molecule has 0 radical (unpaired) electrons. The number of hydrogen-bond donors (Lipinski definition) is 0. The maximum Gasteiger partial charge on any atom is 0.166 e. The van der Waals surface area contributed by atoms with Gasteiger partial charge in [-0.3, -0.25) is 0 Å². The zero-order valence-electron chi connectivity index (χ0n) is 10.9. The monoisotopic (exact) mass is 264 g/mol. The molecular weight excluding hydrogens is 249 g/mol. The molecule has 2 aromatic carbocycles. The summed E-state index contributed by atoms with van der Waals surface area (Å²) in [7, 11) is 0. The zero-order chi connectivity index (χ0) is 14.0. The van der Waals surface area contributed by atoms with E-state index in [2.05, 4.69) is 0 Å². The topological polar surface area (TPSA) is 0 Å². The molecule has 19 heavy (non-hydrogen) atoms. The Morgan fingerprint density at radius 1 is 0.947 bits per heavy atom. The van der Waals surface area contributed by atoms with Gasteiger partial charge in [0.2, 0.25) is 0 Å². The van der Waals surface area contributed by atoms with Crippen molar-refractivity contribution in [3.63, 3.8) is 0 Å². The molecule has 0 saturated heterocycles. The first-order chi connectivity index (χ1) is 9.04. The maximum absolute atomic E-state index is 14.0. The highest BCUT2D eigenvalue weighted by Gasteiger charge is 2.14. The Morgan fingerprint density at radius 2 is 1.68 bits per heavy atom. The first kappa shape index (κ1) is 13.7. The smallest absolute Gasteiger partial charge is 0.166 e. The lowest BCUT2D eigenvalue weighted by Crippen LogP contribution is -1.97. The maximum atomic E-state index is 14.0. The molecule has 0 amide bonds. The first-order valence-electron chi connectivity index (χ1n) is 6.28. The largest absolute Gasteiger partial charge is 0.207 e. The molecule has 0 spiro atoms. The molecule has 0 N–H and O–H groups in total. The summed E-state index contributed by atoms with van der Waals surface area (Å²) in [5.74, 6) is -2.16. The molecule has 0 unspecified atom stereocenters. The summed E-state index contributed by atoms with van der Waals surface area (Å²) in [5, 5.41) is 0. The second kappa shape index (κ2) is 5.47. The highest BCUT2D eigenvalue weighted by Crippen LogP contribution is 2.28. The average Bonchev–Trinajstić information content (AvgIpc) is 2.39. The molecule has 2 rings (SSSR count). The fourth-order valence-electron chi connectivity index (χ4n) is 2.04. The van der Waals surface area contributed by atoms with E-state index < -0.39 is 17.5 Å². The van der Waals surface area contributed by atoms with Crippen LogP contribution in [-0.4, -0.2) is 0 Å². The molecule has 0 atom stereocenters. The summed E-state index contributed by atoms with van der Waals surface area (Å²) in [6.45, 7) is 3.53. The highest BCUT2D eigenvalue weighted by molar-refractivity contribution is 5.65. The van der Waals surface area contributed by atoms with Crippen molar-refractivity contribution < 1.29 is 13.2 Å². The first-order valence-corrected chi connectivity index (χ1v) is 6.28. The number of halogens is 3. The van der Waals surface area contributed by atoms with Gasteiger partial charge in [-0.05, 0) is 36.1 Å². The molecule has 3 heteroatoms. The lowest BCUT2D eigenvalue weighted by molar-refractivity contribution is 0.500. The van der Waals surface area contributed by atoms with E-state index in [1.807, 2.05) is 6.92 Å². The van der Waals surface area contributed by atoms with Crippen LogP contribution in [0.3, 0.4) is 0 Å². The van der Waals surface area contributed by atoms with Crippen LogP contribution in [0.4, 0.5) is 13.2 Å². The number of hydrogen-bond acceptors (Lipinski definition) is 0. The normalized spacial score (nSPS) is 10.8. The van der Waals surface area contributed by atoms with E-state index in [0.29, 0.717) is 23.1 Å². The van der Waals surface area contributed by atoms with Gasteiger partial charge in [0.1, 0.15) is 5.82 Å². The molecule has 0 aliphatic carbocycles. The van der Waals surface area contributed by atoms with Gasteiger partial charge in [0, 0.05) is 5.56 Å². The van der Waals surface area contributed by atoms with Crippen molar-refractivity contribution in [2.24, 2.45) is 0 Å². The third kappa shape index (κ3) is 2.65. The predicted octanol–water partition coefficient (Wildman–Crippen LogP) is 5.03. The Labute approximate surface area is 110 Å². The minimum atomic E-state index is -0.908. The predicted molar refractivity (Wildman–Crippen MR) is 70.5 cm³/mol. The molecule has 2 aromatic rings. The Morgan fingerprint density at radius 3 is 2.32 bits per heavy atom. The third-order valence-corrected chi connectivity index (χ3v) is 3.16. The molecule has 0 nitrogen and oxygen atoms in total. The van der Waals surface area contributed by atoms with Gasteiger partial charge in [0.05, 0.1) is 0 Å². The number of aryl methyl sites for hydroxylation is 2. The second-order valence-corrected chi connectivity index (χ2v) is 4.61. The van der Waals surface area contributed by atoms with Crippen LogP contribution in [-0.2, 0) is 6.42 Å². The molecule has 0 aliphatic heterocycles. The number of benzene rings is 2. The summed E-state index contributed by atoms with van der Waals surface area (Å²) in [5.41, 5.74) is 1.28. The fraction of sp³-hybridized carbons (Fsp3) is 0.250. The van der Waals surface area contributed by atoms with Gasteiger partial charge in [-0.1, -0.05) is 37.6 Å². The van der Waals surface area contributed by atoms with Crippen molar-refractivity contribution in [2.75, 3.05) is 0 Å². The van der Waals surface area contributed by atoms with Gasteiger partial charge in [-0.15, -0.1) is 0 Å². The van der Waals surface area contributed by atoms with E-state index in [4.69, 9.17) is 0 Å². The minimum absolute atomic E-state index is 0.0938. The molecule has 0 fully saturated rings. The SMILES string of the molecule is CCCc1ccc(-c2ccc(C)c(F)c2)c(F)c1F. The summed E-state index contributed by atoms with van der Waals surface area (Å²) in [6, 6.07) is 7.45. The van der Waals surface area contributed by atoms with Gasteiger partial charge < -0.3 is 0 Å². The van der Waals surface area contributed by atoms with Crippen LogP contribution in [0.1, 0.15) is 24.5 Å². The van der Waals surface area contributed by atoms with Crippen LogP contribution in [0, 0.1) is 24.4 Å². The van der Waals surface area contributed by atoms with E-state index in [1.54, 1.807) is 25.1 Å². The summed E-state index contributed by atoms with van der Waals surface area (Å²) >= 11 is 0. The summed E-state index contributed by atoms with van der Waals surface area (Å²) in [4.78, 5) is 0. The van der Waals surface area contributed by atoms with E-state index >= 15 is 0 Å².